The third-order valence-corrected chi connectivity index (χ3v) is 3.16. The molecule has 0 radical (unpaired) electrons. The van der Waals surface area contributed by atoms with E-state index in [4.69, 9.17) is 11.5 Å². The Morgan fingerprint density at radius 3 is 2.47 bits per heavy atom. The molecule has 0 saturated heterocycles. The molecule has 0 spiro atoms. The fourth-order valence-corrected chi connectivity index (χ4v) is 2.36. The summed E-state index contributed by atoms with van der Waals surface area (Å²) in [6, 6.07) is 5.70. The molecule has 1 amide bonds. The second-order valence-electron chi connectivity index (χ2n) is 5.00. The van der Waals surface area contributed by atoms with Gasteiger partial charge in [0.15, 0.2) is 0 Å². The lowest BCUT2D eigenvalue weighted by Gasteiger charge is -2.33. The lowest BCUT2D eigenvalue weighted by atomic mass is 10.1. The number of hydrogen-bond donors (Lipinski definition) is 2. The Hall–Kier alpha value is -1.75. The van der Waals surface area contributed by atoms with Crippen LogP contribution in [0.2, 0.25) is 0 Å². The summed E-state index contributed by atoms with van der Waals surface area (Å²) in [5.41, 5.74) is 13.1. The molecule has 106 valence electrons. The number of nitrogen functional groups attached to an aromatic ring is 1. The van der Waals surface area contributed by atoms with Crippen LogP contribution >= 0.6 is 0 Å². The summed E-state index contributed by atoms with van der Waals surface area (Å²) >= 11 is 0. The number of hydrogen-bond acceptors (Lipinski definition) is 4. The summed E-state index contributed by atoms with van der Waals surface area (Å²) in [6.45, 7) is 5.94. The van der Waals surface area contributed by atoms with E-state index in [2.05, 4.69) is 23.6 Å². The number of nitrogens with two attached hydrogens (primary N) is 2. The van der Waals surface area contributed by atoms with Crippen LogP contribution in [0.25, 0.3) is 0 Å². The summed E-state index contributed by atoms with van der Waals surface area (Å²) in [5.74, 6) is -0.490. The standard InChI is InChI=1S/C14H24N4O/c1-5-18(10(2)9-17(3)4)12-8-6-7-11(13(12)15)14(16)19/h6-8,10H,5,9,15H2,1-4H3,(H2,16,19). The van der Waals surface area contributed by atoms with Crippen LogP contribution in [0.5, 0.6) is 0 Å². The fourth-order valence-electron chi connectivity index (χ4n) is 2.36. The van der Waals surface area contributed by atoms with Gasteiger partial charge in [-0.05, 0) is 40.1 Å². The number of para-hydroxylation sites is 1. The smallest absolute Gasteiger partial charge is 0.250 e. The van der Waals surface area contributed by atoms with Gasteiger partial charge in [0.2, 0.25) is 0 Å². The van der Waals surface area contributed by atoms with Gasteiger partial charge in [-0.2, -0.15) is 0 Å². The van der Waals surface area contributed by atoms with Gasteiger partial charge in [0.25, 0.3) is 5.91 Å². The van der Waals surface area contributed by atoms with Crippen LogP contribution in [0.3, 0.4) is 0 Å². The van der Waals surface area contributed by atoms with Crippen molar-refractivity contribution >= 4 is 17.3 Å². The predicted octanol–water partition coefficient (Wildman–Crippen LogP) is 1.14. The number of nitrogens with zero attached hydrogens (tertiary/aromatic N) is 2. The normalized spacial score (nSPS) is 12.5. The number of amides is 1. The first-order valence-electron chi connectivity index (χ1n) is 6.48. The summed E-state index contributed by atoms with van der Waals surface area (Å²) in [4.78, 5) is 15.7. The highest BCUT2D eigenvalue weighted by atomic mass is 16.1. The average Bonchev–Trinajstić information content (AvgIpc) is 2.30. The van der Waals surface area contributed by atoms with Crippen molar-refractivity contribution in [1.29, 1.82) is 0 Å². The van der Waals surface area contributed by atoms with Crippen LogP contribution in [0.4, 0.5) is 11.4 Å². The fraction of sp³-hybridized carbons (Fsp3) is 0.500. The first-order chi connectivity index (χ1) is 8.88. The summed E-state index contributed by atoms with van der Waals surface area (Å²) in [5, 5.41) is 0. The molecule has 5 heteroatoms. The minimum Gasteiger partial charge on any atom is -0.396 e. The van der Waals surface area contributed by atoms with E-state index in [9.17, 15) is 4.79 Å². The van der Waals surface area contributed by atoms with Crippen molar-refractivity contribution < 1.29 is 4.79 Å². The number of benzene rings is 1. The Bertz CT molecular complexity index is 445. The van der Waals surface area contributed by atoms with E-state index >= 15 is 0 Å². The van der Waals surface area contributed by atoms with E-state index in [1.165, 1.54) is 0 Å². The van der Waals surface area contributed by atoms with Crippen molar-refractivity contribution in [3.63, 3.8) is 0 Å². The summed E-state index contributed by atoms with van der Waals surface area (Å²) in [7, 11) is 4.07. The quantitative estimate of drug-likeness (QED) is 0.756. The van der Waals surface area contributed by atoms with Gasteiger partial charge in [-0.15, -0.1) is 0 Å². The molecule has 1 aromatic carbocycles. The van der Waals surface area contributed by atoms with Gasteiger partial charge in [-0.3, -0.25) is 4.79 Å². The van der Waals surface area contributed by atoms with Gasteiger partial charge in [0.1, 0.15) is 0 Å². The maximum Gasteiger partial charge on any atom is 0.250 e. The molecule has 1 aromatic rings. The zero-order chi connectivity index (χ0) is 14.6. The van der Waals surface area contributed by atoms with Crippen LogP contribution in [0, 0.1) is 0 Å². The van der Waals surface area contributed by atoms with Gasteiger partial charge < -0.3 is 21.3 Å². The second kappa shape index (κ2) is 6.43. The Morgan fingerprint density at radius 1 is 1.37 bits per heavy atom. The third kappa shape index (κ3) is 3.61. The third-order valence-electron chi connectivity index (χ3n) is 3.16. The molecule has 0 heterocycles. The molecule has 0 aromatic heterocycles. The van der Waals surface area contributed by atoms with Gasteiger partial charge in [-0.1, -0.05) is 6.07 Å². The van der Waals surface area contributed by atoms with E-state index < -0.39 is 5.91 Å². The zero-order valence-corrected chi connectivity index (χ0v) is 12.2. The number of primary amides is 1. The molecular formula is C14H24N4O. The van der Waals surface area contributed by atoms with Crippen LogP contribution in [0.1, 0.15) is 24.2 Å². The average molecular weight is 264 g/mol. The highest BCUT2D eigenvalue weighted by molar-refractivity contribution is 6.00. The minimum absolute atomic E-state index is 0.297. The highest BCUT2D eigenvalue weighted by Crippen LogP contribution is 2.28. The minimum atomic E-state index is -0.490. The molecule has 0 aliphatic heterocycles. The van der Waals surface area contributed by atoms with Crippen molar-refractivity contribution in [2.24, 2.45) is 5.73 Å². The first-order valence-corrected chi connectivity index (χ1v) is 6.48. The van der Waals surface area contributed by atoms with Crippen molar-refractivity contribution in [3.05, 3.63) is 23.8 Å². The van der Waals surface area contributed by atoms with Crippen LogP contribution in [0.15, 0.2) is 18.2 Å². The van der Waals surface area contributed by atoms with E-state index in [1.807, 2.05) is 26.2 Å². The van der Waals surface area contributed by atoms with Crippen LogP contribution in [-0.2, 0) is 0 Å². The molecule has 1 rings (SSSR count). The molecule has 0 aliphatic rings. The van der Waals surface area contributed by atoms with Gasteiger partial charge in [-0.25, -0.2) is 0 Å². The zero-order valence-electron chi connectivity index (χ0n) is 12.2. The monoisotopic (exact) mass is 264 g/mol. The van der Waals surface area contributed by atoms with E-state index in [1.54, 1.807) is 6.07 Å². The van der Waals surface area contributed by atoms with E-state index in [-0.39, 0.29) is 0 Å². The van der Waals surface area contributed by atoms with Gasteiger partial charge in [0, 0.05) is 19.1 Å². The van der Waals surface area contributed by atoms with Crippen molar-refractivity contribution in [2.45, 2.75) is 19.9 Å². The number of carbonyl (C=O) groups is 1. The van der Waals surface area contributed by atoms with Crippen molar-refractivity contribution in [3.8, 4) is 0 Å². The summed E-state index contributed by atoms with van der Waals surface area (Å²) in [6.07, 6.45) is 0. The Kier molecular flexibility index (Phi) is 5.18. The first kappa shape index (κ1) is 15.3. The molecule has 19 heavy (non-hydrogen) atoms. The molecule has 5 nitrogen and oxygen atoms in total. The van der Waals surface area contributed by atoms with Crippen molar-refractivity contribution in [1.82, 2.24) is 4.90 Å². The van der Waals surface area contributed by atoms with E-state index in [0.717, 1.165) is 18.8 Å². The lowest BCUT2D eigenvalue weighted by molar-refractivity contribution is 0.100. The van der Waals surface area contributed by atoms with Gasteiger partial charge in [0.05, 0.1) is 16.9 Å². The molecule has 1 atom stereocenters. The highest BCUT2D eigenvalue weighted by Gasteiger charge is 2.18. The SMILES string of the molecule is CCN(c1cccc(C(N)=O)c1N)C(C)CN(C)C. The Balaban J connectivity index is 3.11. The van der Waals surface area contributed by atoms with Crippen LogP contribution < -0.4 is 16.4 Å². The molecule has 1 unspecified atom stereocenters. The Morgan fingerprint density at radius 2 is 2.00 bits per heavy atom. The van der Waals surface area contributed by atoms with E-state index in [0.29, 0.717) is 17.3 Å². The molecular weight excluding hydrogens is 240 g/mol. The number of likely N-dealkylation sites (N-methyl/N-ethyl adjacent to an activating group) is 2. The number of anilines is 2. The maximum atomic E-state index is 11.3. The maximum absolute atomic E-state index is 11.3. The molecule has 0 fully saturated rings. The topological polar surface area (TPSA) is 75.6 Å². The molecule has 0 bridgehead atoms. The molecule has 4 N–H and O–H groups in total. The predicted molar refractivity (Wildman–Crippen MR) is 80.4 cm³/mol. The molecule has 0 saturated carbocycles. The number of carbonyl (C=O) groups excluding carboxylic acids is 1. The van der Waals surface area contributed by atoms with Gasteiger partial charge >= 0.3 is 0 Å². The van der Waals surface area contributed by atoms with Crippen molar-refractivity contribution in [2.75, 3.05) is 37.8 Å². The largest absolute Gasteiger partial charge is 0.396 e. The number of rotatable bonds is 6. The Labute approximate surface area is 115 Å². The molecule has 0 aliphatic carbocycles. The summed E-state index contributed by atoms with van der Waals surface area (Å²) < 4.78 is 0. The van der Waals surface area contributed by atoms with Crippen LogP contribution in [-0.4, -0.2) is 44.0 Å². The lowest BCUT2D eigenvalue weighted by Crippen LogP contribution is -2.40. The second-order valence-corrected chi connectivity index (χ2v) is 5.00.